The Morgan fingerprint density at radius 2 is 2.05 bits per heavy atom. The normalized spacial score (nSPS) is 14.1. The summed E-state index contributed by atoms with van der Waals surface area (Å²) in [7, 11) is 0. The zero-order valence-corrected chi connectivity index (χ0v) is 11.8. The topological polar surface area (TPSA) is 62.3 Å². The van der Waals surface area contributed by atoms with Gasteiger partial charge in [0.1, 0.15) is 6.54 Å². The molecule has 1 aliphatic rings. The maximum absolute atomic E-state index is 12.6. The standard InChI is InChI=1S/C15H12ClN3O2/c16-12-7-17-6-5-11(12)15(21)19-8-10-3-1-2-4-13(10)18-14(20)9-19/h1-7H,8-9H2,(H,18,20). The summed E-state index contributed by atoms with van der Waals surface area (Å²) in [6, 6.07) is 8.98. The van der Waals surface area contributed by atoms with E-state index in [4.69, 9.17) is 11.6 Å². The second-order valence-electron chi connectivity index (χ2n) is 4.72. The molecular formula is C15H12ClN3O2. The molecule has 5 nitrogen and oxygen atoms in total. The van der Waals surface area contributed by atoms with Gasteiger partial charge in [0.05, 0.1) is 10.6 Å². The minimum Gasteiger partial charge on any atom is -0.325 e. The first-order chi connectivity index (χ1) is 10.1. The van der Waals surface area contributed by atoms with Crippen molar-refractivity contribution in [2.75, 3.05) is 11.9 Å². The van der Waals surface area contributed by atoms with Crippen LogP contribution in [0.5, 0.6) is 0 Å². The van der Waals surface area contributed by atoms with Crippen LogP contribution in [0.25, 0.3) is 0 Å². The number of para-hydroxylation sites is 1. The Kier molecular flexibility index (Phi) is 3.58. The monoisotopic (exact) mass is 301 g/mol. The number of aromatic nitrogens is 1. The van der Waals surface area contributed by atoms with Gasteiger partial charge in [-0.15, -0.1) is 0 Å². The van der Waals surface area contributed by atoms with Gasteiger partial charge in [0.2, 0.25) is 5.91 Å². The number of carbonyl (C=O) groups is 2. The van der Waals surface area contributed by atoms with Crippen molar-refractivity contribution in [1.29, 1.82) is 0 Å². The second-order valence-corrected chi connectivity index (χ2v) is 5.13. The van der Waals surface area contributed by atoms with Crippen LogP contribution in [0, 0.1) is 0 Å². The molecule has 1 aromatic carbocycles. The molecule has 0 bridgehead atoms. The summed E-state index contributed by atoms with van der Waals surface area (Å²) in [5, 5.41) is 3.07. The highest BCUT2D eigenvalue weighted by molar-refractivity contribution is 6.33. The molecule has 3 rings (SSSR count). The first-order valence-electron chi connectivity index (χ1n) is 6.41. The highest BCUT2D eigenvalue weighted by Crippen LogP contribution is 2.23. The van der Waals surface area contributed by atoms with Gasteiger partial charge in [0.25, 0.3) is 5.91 Å². The van der Waals surface area contributed by atoms with Gasteiger partial charge in [-0.2, -0.15) is 0 Å². The molecule has 0 fully saturated rings. The zero-order valence-electron chi connectivity index (χ0n) is 11.0. The minimum atomic E-state index is -0.283. The molecule has 0 radical (unpaired) electrons. The van der Waals surface area contributed by atoms with E-state index in [1.807, 2.05) is 24.3 Å². The SMILES string of the molecule is O=C1CN(C(=O)c2ccncc2Cl)Cc2ccccc2N1. The fourth-order valence-corrected chi connectivity index (χ4v) is 2.47. The van der Waals surface area contributed by atoms with E-state index in [0.717, 1.165) is 11.3 Å². The molecule has 2 heterocycles. The van der Waals surface area contributed by atoms with Crippen LogP contribution in [0.15, 0.2) is 42.7 Å². The number of fused-ring (bicyclic) bond motifs is 1. The van der Waals surface area contributed by atoms with Crippen LogP contribution in [0.1, 0.15) is 15.9 Å². The van der Waals surface area contributed by atoms with Gasteiger partial charge in [-0.25, -0.2) is 0 Å². The third kappa shape index (κ3) is 2.73. The Morgan fingerprint density at radius 1 is 1.24 bits per heavy atom. The highest BCUT2D eigenvalue weighted by Gasteiger charge is 2.25. The van der Waals surface area contributed by atoms with E-state index in [9.17, 15) is 9.59 Å². The fraction of sp³-hybridized carbons (Fsp3) is 0.133. The number of pyridine rings is 1. The Labute approximate surface area is 126 Å². The third-order valence-electron chi connectivity index (χ3n) is 3.28. The smallest absolute Gasteiger partial charge is 0.256 e. The molecule has 0 aliphatic carbocycles. The number of hydrogen-bond acceptors (Lipinski definition) is 3. The van der Waals surface area contributed by atoms with Crippen LogP contribution in [0.3, 0.4) is 0 Å². The number of amides is 2. The summed E-state index contributed by atoms with van der Waals surface area (Å²) < 4.78 is 0. The van der Waals surface area contributed by atoms with E-state index in [1.165, 1.54) is 17.3 Å². The Hall–Kier alpha value is -2.40. The summed E-state index contributed by atoms with van der Waals surface area (Å²) in [6.07, 6.45) is 2.92. The van der Waals surface area contributed by atoms with Crippen LogP contribution >= 0.6 is 11.6 Å². The number of benzene rings is 1. The van der Waals surface area contributed by atoms with Gasteiger partial charge in [-0.1, -0.05) is 29.8 Å². The van der Waals surface area contributed by atoms with Gasteiger partial charge in [0, 0.05) is 24.6 Å². The Balaban J connectivity index is 1.94. The summed E-state index contributed by atoms with van der Waals surface area (Å²) in [5.41, 5.74) is 1.97. The number of anilines is 1. The van der Waals surface area contributed by atoms with E-state index >= 15 is 0 Å². The molecule has 21 heavy (non-hydrogen) atoms. The predicted molar refractivity (Wildman–Crippen MR) is 79.1 cm³/mol. The predicted octanol–water partition coefficient (Wildman–Crippen LogP) is 2.33. The van der Waals surface area contributed by atoms with Gasteiger partial charge >= 0.3 is 0 Å². The summed E-state index contributed by atoms with van der Waals surface area (Å²) in [5.74, 6) is -0.507. The van der Waals surface area contributed by atoms with Crippen LogP contribution in [0.4, 0.5) is 5.69 Å². The fourth-order valence-electron chi connectivity index (χ4n) is 2.27. The van der Waals surface area contributed by atoms with E-state index < -0.39 is 0 Å². The van der Waals surface area contributed by atoms with Crippen LogP contribution in [-0.2, 0) is 11.3 Å². The molecule has 1 aliphatic heterocycles. The maximum atomic E-state index is 12.6. The Bertz CT molecular complexity index is 718. The van der Waals surface area contributed by atoms with Crippen molar-refractivity contribution < 1.29 is 9.59 Å². The molecule has 0 atom stereocenters. The molecule has 1 aromatic heterocycles. The quantitative estimate of drug-likeness (QED) is 0.879. The first kappa shape index (κ1) is 13.6. The number of hydrogen-bond donors (Lipinski definition) is 1. The lowest BCUT2D eigenvalue weighted by atomic mass is 10.1. The maximum Gasteiger partial charge on any atom is 0.256 e. The van der Waals surface area contributed by atoms with Crippen LogP contribution in [0.2, 0.25) is 5.02 Å². The molecule has 2 amide bonds. The van der Waals surface area contributed by atoms with Crippen molar-refractivity contribution in [2.24, 2.45) is 0 Å². The largest absolute Gasteiger partial charge is 0.325 e. The van der Waals surface area contributed by atoms with Crippen molar-refractivity contribution in [3.63, 3.8) is 0 Å². The van der Waals surface area contributed by atoms with Crippen molar-refractivity contribution in [3.8, 4) is 0 Å². The average molecular weight is 302 g/mol. The third-order valence-corrected chi connectivity index (χ3v) is 3.58. The van der Waals surface area contributed by atoms with Gasteiger partial charge in [-0.05, 0) is 17.7 Å². The average Bonchev–Trinajstić information content (AvgIpc) is 2.65. The molecule has 0 saturated heterocycles. The van der Waals surface area contributed by atoms with Gasteiger partial charge in [0.15, 0.2) is 0 Å². The molecule has 0 saturated carbocycles. The van der Waals surface area contributed by atoms with Crippen molar-refractivity contribution in [1.82, 2.24) is 9.88 Å². The van der Waals surface area contributed by atoms with Gasteiger partial charge < -0.3 is 10.2 Å². The summed E-state index contributed by atoms with van der Waals surface area (Å²) in [4.78, 5) is 29.8. The lowest BCUT2D eigenvalue weighted by Crippen LogP contribution is -2.35. The molecule has 6 heteroatoms. The van der Waals surface area contributed by atoms with Gasteiger partial charge in [-0.3, -0.25) is 14.6 Å². The van der Waals surface area contributed by atoms with Crippen LogP contribution in [-0.4, -0.2) is 28.2 Å². The second kappa shape index (κ2) is 5.54. The van der Waals surface area contributed by atoms with E-state index in [2.05, 4.69) is 10.3 Å². The molecule has 1 N–H and O–H groups in total. The zero-order chi connectivity index (χ0) is 14.8. The highest BCUT2D eigenvalue weighted by atomic mass is 35.5. The number of rotatable bonds is 1. The van der Waals surface area contributed by atoms with Crippen LogP contribution < -0.4 is 5.32 Å². The summed E-state index contributed by atoms with van der Waals surface area (Å²) >= 11 is 6.01. The minimum absolute atomic E-state index is 0.00777. The van der Waals surface area contributed by atoms with Crippen molar-refractivity contribution in [2.45, 2.75) is 6.54 Å². The molecule has 0 spiro atoms. The number of carbonyl (C=O) groups excluding carboxylic acids is 2. The number of halogens is 1. The summed E-state index contributed by atoms with van der Waals surface area (Å²) in [6.45, 7) is 0.346. The van der Waals surface area contributed by atoms with E-state index in [0.29, 0.717) is 12.1 Å². The van der Waals surface area contributed by atoms with E-state index in [1.54, 1.807) is 6.07 Å². The molecule has 106 valence electrons. The number of nitrogens with zero attached hydrogens (tertiary/aromatic N) is 2. The lowest BCUT2D eigenvalue weighted by molar-refractivity contribution is -0.116. The van der Waals surface area contributed by atoms with E-state index in [-0.39, 0.29) is 23.4 Å². The molecule has 0 unspecified atom stereocenters. The molecule has 2 aromatic rings. The number of nitrogens with one attached hydrogen (secondary N) is 1. The van der Waals surface area contributed by atoms with Crippen molar-refractivity contribution in [3.05, 3.63) is 58.9 Å². The van der Waals surface area contributed by atoms with Crippen molar-refractivity contribution >= 4 is 29.1 Å². The Morgan fingerprint density at radius 3 is 2.86 bits per heavy atom. The first-order valence-corrected chi connectivity index (χ1v) is 6.79. The lowest BCUT2D eigenvalue weighted by Gasteiger charge is -2.20. The molecular weight excluding hydrogens is 290 g/mol.